The minimum atomic E-state index is 0.408. The lowest BCUT2D eigenvalue weighted by Crippen LogP contribution is -2.02. The summed E-state index contributed by atoms with van der Waals surface area (Å²) in [5.41, 5.74) is 1.98. The number of nitriles is 1. The van der Waals surface area contributed by atoms with E-state index in [1.54, 1.807) is 36.9 Å². The number of anilines is 2. The van der Waals surface area contributed by atoms with Gasteiger partial charge in [0.15, 0.2) is 5.82 Å². The Hall–Kier alpha value is -3.47. The molecule has 3 rings (SSSR count). The molecular weight excluding hydrogens is 306 g/mol. The zero-order valence-corrected chi connectivity index (χ0v) is 13.3. The first kappa shape index (κ1) is 15.4. The van der Waals surface area contributed by atoms with Crippen LogP contribution < -0.4 is 10.1 Å². The molecule has 24 heavy (non-hydrogen) atoms. The maximum absolute atomic E-state index is 9.15. The third-order valence-electron chi connectivity index (χ3n) is 3.17. The van der Waals surface area contributed by atoms with Gasteiger partial charge < -0.3 is 10.1 Å². The fourth-order valence-corrected chi connectivity index (χ4v) is 2.07. The summed E-state index contributed by atoms with van der Waals surface area (Å²) in [6.45, 7) is 4.32. The van der Waals surface area contributed by atoms with Crippen LogP contribution in [0.3, 0.4) is 0 Å². The Morgan fingerprint density at radius 3 is 3.00 bits per heavy atom. The number of nitrogens with zero attached hydrogens (tertiary/aromatic N) is 6. The molecule has 0 aliphatic rings. The summed E-state index contributed by atoms with van der Waals surface area (Å²) in [5.74, 6) is 1.41. The molecular formula is C16H15N7O. The summed E-state index contributed by atoms with van der Waals surface area (Å²) >= 11 is 0. The van der Waals surface area contributed by atoms with E-state index in [-0.39, 0.29) is 0 Å². The molecule has 0 bridgehead atoms. The lowest BCUT2D eigenvalue weighted by Gasteiger charge is -2.07. The van der Waals surface area contributed by atoms with Gasteiger partial charge in [-0.25, -0.2) is 14.6 Å². The normalized spacial score (nSPS) is 10.2. The largest absolute Gasteiger partial charge is 0.478 e. The van der Waals surface area contributed by atoms with E-state index < -0.39 is 0 Å². The average molecular weight is 321 g/mol. The van der Waals surface area contributed by atoms with E-state index in [9.17, 15) is 0 Å². The molecule has 8 heteroatoms. The van der Waals surface area contributed by atoms with Crippen LogP contribution in [-0.2, 0) is 0 Å². The monoisotopic (exact) mass is 321 g/mol. The Kier molecular flexibility index (Phi) is 4.34. The summed E-state index contributed by atoms with van der Waals surface area (Å²) in [6, 6.07) is 5.49. The number of ether oxygens (including phenoxy) is 1. The van der Waals surface area contributed by atoms with E-state index >= 15 is 0 Å². The van der Waals surface area contributed by atoms with Crippen LogP contribution in [0.15, 0.2) is 36.9 Å². The van der Waals surface area contributed by atoms with Crippen molar-refractivity contribution >= 4 is 11.6 Å². The van der Waals surface area contributed by atoms with Crippen molar-refractivity contribution in [1.82, 2.24) is 24.7 Å². The molecule has 0 saturated carbocycles. The van der Waals surface area contributed by atoms with Gasteiger partial charge in [-0.05, 0) is 26.0 Å². The van der Waals surface area contributed by atoms with Crippen molar-refractivity contribution in [2.75, 3.05) is 11.9 Å². The molecule has 0 radical (unpaired) electrons. The van der Waals surface area contributed by atoms with E-state index in [1.807, 2.05) is 13.8 Å². The number of rotatable bonds is 5. The van der Waals surface area contributed by atoms with Gasteiger partial charge in [0.05, 0.1) is 30.3 Å². The molecule has 3 aromatic rings. The van der Waals surface area contributed by atoms with E-state index in [2.05, 4.69) is 31.4 Å². The minimum Gasteiger partial charge on any atom is -0.478 e. The minimum absolute atomic E-state index is 0.408. The predicted molar refractivity (Wildman–Crippen MR) is 87.3 cm³/mol. The molecule has 1 N–H and O–H groups in total. The second kappa shape index (κ2) is 6.75. The van der Waals surface area contributed by atoms with Crippen LogP contribution in [0, 0.1) is 18.3 Å². The molecule has 120 valence electrons. The molecule has 0 aliphatic carbocycles. The van der Waals surface area contributed by atoms with Gasteiger partial charge in [-0.2, -0.15) is 15.3 Å². The molecule has 8 nitrogen and oxygen atoms in total. The Balaban J connectivity index is 1.84. The van der Waals surface area contributed by atoms with E-state index in [1.165, 1.54) is 4.68 Å². The van der Waals surface area contributed by atoms with Gasteiger partial charge >= 0.3 is 0 Å². The highest BCUT2D eigenvalue weighted by Gasteiger charge is 2.09. The van der Waals surface area contributed by atoms with Gasteiger partial charge in [-0.1, -0.05) is 0 Å². The Morgan fingerprint density at radius 2 is 2.21 bits per heavy atom. The molecule has 0 fully saturated rings. The Bertz CT molecular complexity index is 897. The average Bonchev–Trinajstić information content (AvgIpc) is 3.06. The van der Waals surface area contributed by atoms with Gasteiger partial charge in [-0.15, -0.1) is 0 Å². The smallest absolute Gasteiger partial charge is 0.230 e. The lowest BCUT2D eigenvalue weighted by atomic mass is 10.3. The maximum atomic E-state index is 9.15. The number of hydrogen-bond acceptors (Lipinski definition) is 7. The predicted octanol–water partition coefficient (Wildman–Crippen LogP) is 2.38. The highest BCUT2D eigenvalue weighted by Crippen LogP contribution is 2.19. The summed E-state index contributed by atoms with van der Waals surface area (Å²) < 4.78 is 6.99. The first-order valence-electron chi connectivity index (χ1n) is 7.35. The number of aryl methyl sites for hydroxylation is 1. The SMILES string of the molecule is CCOc1nc(Nc2cnn(-c3ncccc3C#N)c2)ncc1C. The topological polar surface area (TPSA) is 102 Å². The van der Waals surface area contributed by atoms with Crippen LogP contribution in [0.4, 0.5) is 11.6 Å². The molecule has 0 aliphatic heterocycles. The van der Waals surface area contributed by atoms with Crippen molar-refractivity contribution in [1.29, 1.82) is 5.26 Å². The summed E-state index contributed by atoms with van der Waals surface area (Å²) in [5, 5.41) is 16.4. The third kappa shape index (κ3) is 3.15. The quantitative estimate of drug-likeness (QED) is 0.769. The molecule has 0 aromatic carbocycles. The van der Waals surface area contributed by atoms with Crippen molar-refractivity contribution in [2.45, 2.75) is 13.8 Å². The number of nitrogens with one attached hydrogen (secondary N) is 1. The third-order valence-corrected chi connectivity index (χ3v) is 3.17. The fourth-order valence-electron chi connectivity index (χ4n) is 2.07. The summed E-state index contributed by atoms with van der Waals surface area (Å²) in [7, 11) is 0. The van der Waals surface area contributed by atoms with Gasteiger partial charge in [0, 0.05) is 18.0 Å². The van der Waals surface area contributed by atoms with Crippen molar-refractivity contribution in [3.8, 4) is 17.8 Å². The molecule has 0 unspecified atom stereocenters. The Morgan fingerprint density at radius 1 is 1.33 bits per heavy atom. The van der Waals surface area contributed by atoms with Crippen LogP contribution in [0.25, 0.3) is 5.82 Å². The molecule has 0 saturated heterocycles. The van der Waals surface area contributed by atoms with Gasteiger partial charge in [0.2, 0.25) is 11.8 Å². The first-order valence-corrected chi connectivity index (χ1v) is 7.35. The highest BCUT2D eigenvalue weighted by molar-refractivity contribution is 5.53. The number of aromatic nitrogens is 5. The van der Waals surface area contributed by atoms with Crippen molar-refractivity contribution in [3.05, 3.63) is 48.0 Å². The maximum Gasteiger partial charge on any atom is 0.230 e. The van der Waals surface area contributed by atoms with E-state index in [0.29, 0.717) is 35.5 Å². The van der Waals surface area contributed by atoms with Crippen LogP contribution in [-0.4, -0.2) is 31.3 Å². The first-order chi connectivity index (χ1) is 11.7. The van der Waals surface area contributed by atoms with Gasteiger partial charge in [0.1, 0.15) is 6.07 Å². The van der Waals surface area contributed by atoms with Crippen LogP contribution in [0.1, 0.15) is 18.1 Å². The highest BCUT2D eigenvalue weighted by atomic mass is 16.5. The molecule has 0 amide bonds. The van der Waals surface area contributed by atoms with Crippen LogP contribution in [0.2, 0.25) is 0 Å². The molecule has 3 heterocycles. The van der Waals surface area contributed by atoms with E-state index in [4.69, 9.17) is 10.00 Å². The number of pyridine rings is 1. The zero-order chi connectivity index (χ0) is 16.9. The van der Waals surface area contributed by atoms with Gasteiger partial charge in [0.25, 0.3) is 0 Å². The van der Waals surface area contributed by atoms with Gasteiger partial charge in [-0.3, -0.25) is 0 Å². The zero-order valence-electron chi connectivity index (χ0n) is 13.3. The lowest BCUT2D eigenvalue weighted by molar-refractivity contribution is 0.324. The second-order valence-corrected chi connectivity index (χ2v) is 4.90. The van der Waals surface area contributed by atoms with Crippen LogP contribution >= 0.6 is 0 Å². The van der Waals surface area contributed by atoms with Crippen molar-refractivity contribution in [2.24, 2.45) is 0 Å². The molecule has 0 atom stereocenters. The number of hydrogen-bond donors (Lipinski definition) is 1. The fraction of sp³-hybridized carbons (Fsp3) is 0.188. The standard InChI is InChI=1S/C16H15N7O/c1-3-24-15-11(2)8-19-16(22-15)21-13-9-20-23(10-13)14-12(7-17)5-4-6-18-14/h4-6,8-10H,3H2,1-2H3,(H,19,21,22). The van der Waals surface area contributed by atoms with E-state index in [0.717, 1.165) is 5.56 Å². The molecule has 0 spiro atoms. The van der Waals surface area contributed by atoms with Crippen molar-refractivity contribution < 1.29 is 4.74 Å². The van der Waals surface area contributed by atoms with Crippen molar-refractivity contribution in [3.63, 3.8) is 0 Å². The summed E-state index contributed by atoms with van der Waals surface area (Å²) in [6.07, 6.45) is 6.63. The second-order valence-electron chi connectivity index (χ2n) is 4.90. The molecule has 3 aromatic heterocycles. The van der Waals surface area contributed by atoms with Crippen LogP contribution in [0.5, 0.6) is 5.88 Å². The summed E-state index contributed by atoms with van der Waals surface area (Å²) in [4.78, 5) is 12.7. The Labute approximate surface area is 138 Å².